The standard InChI is InChI=1S/C10H11NOS.C7H8O2S.C6H6O2S.C5H6S.C4H9NO.C4H8O/c1-3-8-6-9(12-11-8)10-5-4-7(2)13-10;1-5-3-4-6(10-5)7(8)9-2;1-4-2-3-5(9-4)6(7)8;1-5-3-2-4-6-5;1-3-4(2)5-6;1-3-4(2)5/h4-6H,3H2,1-2H3;3-4H,1-2H3;2-3H,1H3,(H,7,8);2-4H,1H3;6H,3H2,1-2H3;3H2,1-2H3/b;;;;5-4+;. The third-order valence-electron chi connectivity index (χ3n) is 5.83. The maximum Gasteiger partial charge on any atom is 0.348 e. The van der Waals surface area contributed by atoms with Gasteiger partial charge in [-0.05, 0) is 102 Å². The molecule has 0 saturated heterocycles. The van der Waals surface area contributed by atoms with Crippen molar-refractivity contribution in [3.63, 3.8) is 0 Å². The number of Topliss-reactive ketones (excluding diaryl/α,β-unsaturated/α-hetero) is 1. The van der Waals surface area contributed by atoms with Crippen LogP contribution in [-0.4, -0.2) is 46.0 Å². The Morgan fingerprint density at radius 1 is 0.816 bits per heavy atom. The summed E-state index contributed by atoms with van der Waals surface area (Å²) in [6, 6.07) is 17.4. The number of aromatic nitrogens is 1. The van der Waals surface area contributed by atoms with E-state index in [9.17, 15) is 14.4 Å². The highest BCUT2D eigenvalue weighted by atomic mass is 32.1. The maximum absolute atomic E-state index is 10.8. The molecule has 0 atom stereocenters. The molecule has 0 unspecified atom stereocenters. The number of ether oxygens (including phenoxy) is 1. The van der Waals surface area contributed by atoms with E-state index in [0.717, 1.165) is 44.6 Å². The molecule has 0 spiro atoms. The summed E-state index contributed by atoms with van der Waals surface area (Å²) in [7, 11) is 1.39. The number of oxime groups is 1. The van der Waals surface area contributed by atoms with Crippen molar-refractivity contribution in [2.75, 3.05) is 7.11 Å². The number of carbonyl (C=O) groups excluding carboxylic acids is 2. The van der Waals surface area contributed by atoms with Gasteiger partial charge in [-0.2, -0.15) is 0 Å². The van der Waals surface area contributed by atoms with Crippen LogP contribution in [0.2, 0.25) is 0 Å². The second-order valence-electron chi connectivity index (χ2n) is 10.0. The molecular formula is C36H48N2O7S4. The number of hydrogen-bond acceptors (Lipinski definition) is 12. The van der Waals surface area contributed by atoms with Gasteiger partial charge in [-0.15, -0.1) is 45.3 Å². The topological polar surface area (TPSA) is 139 Å². The molecule has 9 nitrogen and oxygen atoms in total. The lowest BCUT2D eigenvalue weighted by Gasteiger charge is -1.90. The van der Waals surface area contributed by atoms with Crippen LogP contribution in [0.15, 0.2) is 69.7 Å². The van der Waals surface area contributed by atoms with Crippen LogP contribution in [0, 0.1) is 27.7 Å². The Bertz CT molecular complexity index is 1660. The quantitative estimate of drug-likeness (QED) is 0.0757. The minimum Gasteiger partial charge on any atom is -0.477 e. The molecule has 0 saturated carbocycles. The number of carbonyl (C=O) groups is 3. The molecule has 0 aliphatic carbocycles. The zero-order valence-corrected chi connectivity index (χ0v) is 33.1. The van der Waals surface area contributed by atoms with Crippen molar-refractivity contribution in [3.05, 3.63) is 94.9 Å². The lowest BCUT2D eigenvalue weighted by molar-refractivity contribution is -0.116. The monoisotopic (exact) mass is 748 g/mol. The predicted molar refractivity (Wildman–Crippen MR) is 206 cm³/mol. The molecule has 0 aliphatic heterocycles. The highest BCUT2D eigenvalue weighted by Crippen LogP contribution is 2.28. The van der Waals surface area contributed by atoms with Gasteiger partial charge in [0.25, 0.3) is 0 Å². The average Bonchev–Trinajstić information content (AvgIpc) is 3.94. The van der Waals surface area contributed by atoms with Crippen molar-refractivity contribution in [3.8, 4) is 10.6 Å². The van der Waals surface area contributed by atoms with Crippen LogP contribution in [0.5, 0.6) is 0 Å². The third-order valence-corrected chi connectivity index (χ3v) is 9.61. The molecule has 0 radical (unpaired) electrons. The lowest BCUT2D eigenvalue weighted by Crippen LogP contribution is -1.96. The minimum atomic E-state index is -0.840. The lowest BCUT2D eigenvalue weighted by atomic mass is 10.3. The third kappa shape index (κ3) is 20.9. The molecular weight excluding hydrogens is 701 g/mol. The summed E-state index contributed by atoms with van der Waals surface area (Å²) in [6.07, 6.45) is 2.42. The van der Waals surface area contributed by atoms with Crippen LogP contribution >= 0.6 is 45.3 Å². The number of carboxylic acid groups (broad SMARTS) is 1. The summed E-state index contributed by atoms with van der Waals surface area (Å²) in [5, 5.41) is 25.3. The van der Waals surface area contributed by atoms with E-state index in [0.29, 0.717) is 16.2 Å². The fraction of sp³-hybridized carbons (Fsp3) is 0.361. The number of thiophene rings is 4. The minimum absolute atomic E-state index is 0.252. The molecule has 0 aromatic carbocycles. The summed E-state index contributed by atoms with van der Waals surface area (Å²) in [6.45, 7) is 17.3. The first-order valence-electron chi connectivity index (χ1n) is 15.3. The maximum atomic E-state index is 10.8. The Hall–Kier alpha value is -3.91. The van der Waals surface area contributed by atoms with Gasteiger partial charge in [-0.3, -0.25) is 0 Å². The Balaban J connectivity index is 0.000000584. The van der Waals surface area contributed by atoms with Gasteiger partial charge in [-0.1, -0.05) is 37.1 Å². The first-order valence-corrected chi connectivity index (χ1v) is 18.7. The van der Waals surface area contributed by atoms with Gasteiger partial charge in [0.05, 0.1) is 23.4 Å². The van der Waals surface area contributed by atoms with E-state index in [4.69, 9.17) is 14.8 Å². The average molecular weight is 749 g/mol. The van der Waals surface area contributed by atoms with Gasteiger partial charge in [-0.25, -0.2) is 9.59 Å². The summed E-state index contributed by atoms with van der Waals surface area (Å²) in [4.78, 5) is 37.9. The summed E-state index contributed by atoms with van der Waals surface area (Å²) < 4.78 is 9.74. The first kappa shape index (κ1) is 45.1. The highest BCUT2D eigenvalue weighted by Gasteiger charge is 2.07. The van der Waals surface area contributed by atoms with Crippen LogP contribution < -0.4 is 0 Å². The Kier molecular flexibility index (Phi) is 23.9. The van der Waals surface area contributed by atoms with Crippen LogP contribution in [-0.2, 0) is 16.0 Å². The van der Waals surface area contributed by atoms with Crippen molar-refractivity contribution in [2.45, 2.75) is 81.6 Å². The smallest absolute Gasteiger partial charge is 0.348 e. The number of hydrogen-bond donors (Lipinski definition) is 2. The van der Waals surface area contributed by atoms with Crippen molar-refractivity contribution >= 4 is 68.8 Å². The van der Waals surface area contributed by atoms with Crippen LogP contribution in [0.4, 0.5) is 0 Å². The molecule has 5 heterocycles. The summed E-state index contributed by atoms with van der Waals surface area (Å²) in [5.74, 6) is 0.0474. The zero-order valence-electron chi connectivity index (χ0n) is 29.9. The van der Waals surface area contributed by atoms with E-state index < -0.39 is 5.97 Å². The molecule has 0 amide bonds. The second-order valence-corrected chi connectivity index (χ2v) is 15.0. The van der Waals surface area contributed by atoms with Gasteiger partial charge in [0, 0.05) is 32.0 Å². The fourth-order valence-corrected chi connectivity index (χ4v) is 5.62. The molecule has 5 rings (SSSR count). The van der Waals surface area contributed by atoms with E-state index in [1.54, 1.807) is 54.7 Å². The molecule has 5 aromatic rings. The number of nitrogens with zero attached hydrogens (tertiary/aromatic N) is 2. The number of ketones is 1. The van der Waals surface area contributed by atoms with E-state index in [1.807, 2.05) is 39.8 Å². The highest BCUT2D eigenvalue weighted by molar-refractivity contribution is 7.15. The van der Waals surface area contributed by atoms with Gasteiger partial charge in [0.2, 0.25) is 0 Å². The van der Waals surface area contributed by atoms with Gasteiger partial charge < -0.3 is 24.4 Å². The van der Waals surface area contributed by atoms with Gasteiger partial charge >= 0.3 is 11.9 Å². The molecule has 0 bridgehead atoms. The van der Waals surface area contributed by atoms with E-state index in [2.05, 4.69) is 65.5 Å². The largest absolute Gasteiger partial charge is 0.477 e. The fourth-order valence-electron chi connectivity index (χ4n) is 2.79. The zero-order chi connectivity index (χ0) is 37.4. The Morgan fingerprint density at radius 2 is 1.37 bits per heavy atom. The van der Waals surface area contributed by atoms with Gasteiger partial charge in [0.1, 0.15) is 15.5 Å². The van der Waals surface area contributed by atoms with Crippen LogP contribution in [0.25, 0.3) is 10.6 Å². The number of esters is 1. The Morgan fingerprint density at radius 3 is 1.63 bits per heavy atom. The summed E-state index contributed by atoms with van der Waals surface area (Å²) >= 11 is 6.25. The second kappa shape index (κ2) is 26.0. The van der Waals surface area contributed by atoms with Crippen molar-refractivity contribution in [1.82, 2.24) is 5.16 Å². The number of aromatic carboxylic acids is 1. The predicted octanol–water partition coefficient (Wildman–Crippen LogP) is 11.2. The molecule has 13 heteroatoms. The summed E-state index contributed by atoms with van der Waals surface area (Å²) in [5.41, 5.74) is 1.79. The molecule has 0 aliphatic rings. The van der Waals surface area contributed by atoms with Crippen LogP contribution in [0.3, 0.4) is 0 Å². The molecule has 268 valence electrons. The van der Waals surface area contributed by atoms with E-state index >= 15 is 0 Å². The SMILES string of the molecule is CC/C(C)=N/O.CCC(C)=O.CCc1cc(-c2ccc(C)s2)on1.COC(=O)c1ccc(C)s1.Cc1ccc(C(=O)O)s1.Cc1cccs1. The molecule has 5 aromatic heterocycles. The molecule has 49 heavy (non-hydrogen) atoms. The number of carboxylic acids is 1. The van der Waals surface area contributed by atoms with Crippen LogP contribution in [0.1, 0.15) is 92.0 Å². The van der Waals surface area contributed by atoms with E-state index in [1.165, 1.54) is 39.5 Å². The number of methoxy groups -OCH3 is 1. The number of rotatable bonds is 6. The Labute approximate surface area is 305 Å². The normalized spacial score (nSPS) is 9.80. The van der Waals surface area contributed by atoms with E-state index in [-0.39, 0.29) is 11.8 Å². The van der Waals surface area contributed by atoms with Gasteiger partial charge in [0.15, 0.2) is 5.76 Å². The first-order chi connectivity index (χ1) is 23.2. The van der Waals surface area contributed by atoms with Crippen molar-refractivity contribution in [2.24, 2.45) is 5.16 Å². The van der Waals surface area contributed by atoms with Crippen molar-refractivity contribution in [1.29, 1.82) is 0 Å². The van der Waals surface area contributed by atoms with Crippen molar-refractivity contribution < 1.29 is 34.0 Å². The molecule has 0 fully saturated rings. The molecule has 2 N–H and O–H groups in total. The number of aryl methyl sites for hydroxylation is 5.